The summed E-state index contributed by atoms with van der Waals surface area (Å²) in [6.07, 6.45) is 5.97. The van der Waals surface area contributed by atoms with Crippen LogP contribution >= 0.6 is 0 Å². The molecule has 2 rings (SSSR count). The maximum absolute atomic E-state index is 11.2. The molecule has 0 unspecified atom stereocenters. The van der Waals surface area contributed by atoms with Gasteiger partial charge in [0.15, 0.2) is 5.78 Å². The zero-order valence-electron chi connectivity index (χ0n) is 10.4. The highest BCUT2D eigenvalue weighted by molar-refractivity contribution is 5.92. The van der Waals surface area contributed by atoms with Gasteiger partial charge in [-0.05, 0) is 25.8 Å². The topological polar surface area (TPSA) is 23.6 Å². The van der Waals surface area contributed by atoms with Crippen molar-refractivity contribution in [1.29, 1.82) is 0 Å². The minimum absolute atomic E-state index is 0.299. The van der Waals surface area contributed by atoms with Gasteiger partial charge in [0.2, 0.25) is 0 Å². The van der Waals surface area contributed by atoms with Gasteiger partial charge in [-0.1, -0.05) is 6.92 Å². The molecule has 1 aliphatic carbocycles. The predicted octanol–water partition coefficient (Wildman–Crippen LogP) is 1.65. The predicted molar refractivity (Wildman–Crippen MR) is 65.2 cm³/mol. The maximum atomic E-state index is 11.2. The van der Waals surface area contributed by atoms with Crippen LogP contribution in [0.2, 0.25) is 0 Å². The Hall–Kier alpha value is -0.830. The van der Waals surface area contributed by atoms with E-state index < -0.39 is 0 Å². The molecule has 3 nitrogen and oxygen atoms in total. The molecule has 1 fully saturated rings. The van der Waals surface area contributed by atoms with Gasteiger partial charge in [0.1, 0.15) is 0 Å². The van der Waals surface area contributed by atoms with E-state index in [1.807, 2.05) is 6.08 Å². The SMILES string of the molecule is CCN1CCC(N(C)C2=CC(=O)CC2)CC1. The number of hydrogen-bond acceptors (Lipinski definition) is 3. The molecule has 0 aromatic carbocycles. The summed E-state index contributed by atoms with van der Waals surface area (Å²) < 4.78 is 0. The molecule has 1 saturated heterocycles. The third-order valence-corrected chi connectivity index (χ3v) is 3.96. The molecular weight excluding hydrogens is 200 g/mol. The summed E-state index contributed by atoms with van der Waals surface area (Å²) >= 11 is 0. The first kappa shape index (κ1) is 11.6. The lowest BCUT2D eigenvalue weighted by Gasteiger charge is -2.37. The molecule has 0 spiro atoms. The number of piperidine rings is 1. The van der Waals surface area contributed by atoms with Gasteiger partial charge < -0.3 is 9.80 Å². The van der Waals surface area contributed by atoms with Crippen LogP contribution in [0.5, 0.6) is 0 Å². The van der Waals surface area contributed by atoms with Gasteiger partial charge in [-0.25, -0.2) is 0 Å². The highest BCUT2D eigenvalue weighted by Gasteiger charge is 2.25. The van der Waals surface area contributed by atoms with Gasteiger partial charge in [0, 0.05) is 44.4 Å². The van der Waals surface area contributed by atoms with Crippen molar-refractivity contribution in [2.45, 2.75) is 38.6 Å². The minimum atomic E-state index is 0.299. The Kier molecular flexibility index (Phi) is 3.64. The van der Waals surface area contributed by atoms with E-state index in [4.69, 9.17) is 0 Å². The van der Waals surface area contributed by atoms with Crippen molar-refractivity contribution in [3.63, 3.8) is 0 Å². The smallest absolute Gasteiger partial charge is 0.157 e. The van der Waals surface area contributed by atoms with Gasteiger partial charge in [-0.15, -0.1) is 0 Å². The van der Waals surface area contributed by atoms with Gasteiger partial charge >= 0.3 is 0 Å². The molecule has 16 heavy (non-hydrogen) atoms. The number of hydrogen-bond donors (Lipinski definition) is 0. The van der Waals surface area contributed by atoms with Crippen LogP contribution in [0.25, 0.3) is 0 Å². The van der Waals surface area contributed by atoms with Crippen molar-refractivity contribution in [2.75, 3.05) is 26.7 Å². The summed E-state index contributed by atoms with van der Waals surface area (Å²) in [5.41, 5.74) is 1.25. The number of ketones is 1. The van der Waals surface area contributed by atoms with Crippen LogP contribution in [0.4, 0.5) is 0 Å². The normalized spacial score (nSPS) is 23.6. The van der Waals surface area contributed by atoms with E-state index in [1.54, 1.807) is 0 Å². The fourth-order valence-corrected chi connectivity index (χ4v) is 2.72. The molecule has 0 saturated carbocycles. The fourth-order valence-electron chi connectivity index (χ4n) is 2.72. The Bertz CT molecular complexity index is 290. The zero-order valence-corrected chi connectivity index (χ0v) is 10.4. The standard InChI is InChI=1S/C13H22N2O/c1-3-15-8-6-11(7-9-15)14(2)12-4-5-13(16)10-12/h10-11H,3-9H2,1-2H3. The molecule has 0 radical (unpaired) electrons. The maximum Gasteiger partial charge on any atom is 0.157 e. The molecule has 0 N–H and O–H groups in total. The van der Waals surface area contributed by atoms with Gasteiger partial charge in [0.05, 0.1) is 0 Å². The second kappa shape index (κ2) is 5.00. The summed E-state index contributed by atoms with van der Waals surface area (Å²) in [4.78, 5) is 16.1. The summed E-state index contributed by atoms with van der Waals surface area (Å²) in [5.74, 6) is 0.299. The van der Waals surface area contributed by atoms with Crippen LogP contribution in [-0.4, -0.2) is 48.3 Å². The summed E-state index contributed by atoms with van der Waals surface area (Å²) in [6, 6.07) is 0.639. The largest absolute Gasteiger partial charge is 0.375 e. The zero-order chi connectivity index (χ0) is 11.5. The van der Waals surface area contributed by atoms with Crippen LogP contribution in [0.15, 0.2) is 11.8 Å². The lowest BCUT2D eigenvalue weighted by atomic mass is 10.0. The van der Waals surface area contributed by atoms with Crippen LogP contribution in [0, 0.1) is 0 Å². The summed E-state index contributed by atoms with van der Waals surface area (Å²) in [5, 5.41) is 0. The quantitative estimate of drug-likeness (QED) is 0.725. The van der Waals surface area contributed by atoms with Crippen LogP contribution in [-0.2, 0) is 4.79 Å². The molecule has 1 aliphatic heterocycles. The number of carbonyl (C=O) groups is 1. The third-order valence-electron chi connectivity index (χ3n) is 3.96. The average Bonchev–Trinajstić information content (AvgIpc) is 2.75. The molecule has 3 heteroatoms. The van der Waals surface area contributed by atoms with Crippen molar-refractivity contribution in [3.05, 3.63) is 11.8 Å². The number of carbonyl (C=O) groups excluding carboxylic acids is 1. The molecule has 90 valence electrons. The van der Waals surface area contributed by atoms with Crippen molar-refractivity contribution < 1.29 is 4.79 Å². The lowest BCUT2D eigenvalue weighted by molar-refractivity contribution is -0.114. The molecular formula is C13H22N2O. The Morgan fingerprint density at radius 1 is 1.38 bits per heavy atom. The summed E-state index contributed by atoms with van der Waals surface area (Å²) in [6.45, 7) is 5.79. The first-order chi connectivity index (χ1) is 7.70. The molecule has 0 aromatic rings. The second-order valence-corrected chi connectivity index (χ2v) is 4.88. The van der Waals surface area contributed by atoms with Crippen molar-refractivity contribution in [3.8, 4) is 0 Å². The average molecular weight is 222 g/mol. The van der Waals surface area contributed by atoms with Crippen molar-refractivity contribution in [2.24, 2.45) is 0 Å². The number of rotatable bonds is 3. The Balaban J connectivity index is 1.89. The third kappa shape index (κ3) is 2.46. The fraction of sp³-hybridized carbons (Fsp3) is 0.769. The van der Waals surface area contributed by atoms with Crippen LogP contribution in [0.3, 0.4) is 0 Å². The van der Waals surface area contributed by atoms with Crippen molar-refractivity contribution in [1.82, 2.24) is 9.80 Å². The minimum Gasteiger partial charge on any atom is -0.375 e. The molecule has 0 atom stereocenters. The van der Waals surface area contributed by atoms with Crippen molar-refractivity contribution >= 4 is 5.78 Å². The van der Waals surface area contributed by atoms with Gasteiger partial charge in [-0.2, -0.15) is 0 Å². The Morgan fingerprint density at radius 3 is 2.56 bits per heavy atom. The van der Waals surface area contributed by atoms with Crippen LogP contribution < -0.4 is 0 Å². The highest BCUT2D eigenvalue weighted by atomic mass is 16.1. The molecule has 0 amide bonds. The lowest BCUT2D eigenvalue weighted by Crippen LogP contribution is -2.42. The number of nitrogens with zero attached hydrogens (tertiary/aromatic N) is 2. The van der Waals surface area contributed by atoms with E-state index in [9.17, 15) is 4.79 Å². The van der Waals surface area contributed by atoms with E-state index in [2.05, 4.69) is 23.8 Å². The van der Waals surface area contributed by atoms with Gasteiger partial charge in [0.25, 0.3) is 0 Å². The monoisotopic (exact) mass is 222 g/mol. The van der Waals surface area contributed by atoms with E-state index >= 15 is 0 Å². The van der Waals surface area contributed by atoms with E-state index in [1.165, 1.54) is 31.6 Å². The Labute approximate surface area is 98.1 Å². The van der Waals surface area contributed by atoms with E-state index in [0.717, 1.165) is 13.0 Å². The Morgan fingerprint density at radius 2 is 2.06 bits per heavy atom. The van der Waals surface area contributed by atoms with E-state index in [-0.39, 0.29) is 0 Å². The summed E-state index contributed by atoms with van der Waals surface area (Å²) in [7, 11) is 2.15. The van der Waals surface area contributed by atoms with Gasteiger partial charge in [-0.3, -0.25) is 4.79 Å². The second-order valence-electron chi connectivity index (χ2n) is 4.88. The molecule has 1 heterocycles. The van der Waals surface area contributed by atoms with E-state index in [0.29, 0.717) is 18.2 Å². The number of allylic oxidation sites excluding steroid dienone is 2. The first-order valence-corrected chi connectivity index (χ1v) is 6.39. The molecule has 2 aliphatic rings. The first-order valence-electron chi connectivity index (χ1n) is 6.39. The van der Waals surface area contributed by atoms with Crippen LogP contribution in [0.1, 0.15) is 32.6 Å². The highest BCUT2D eigenvalue weighted by Crippen LogP contribution is 2.24. The molecule has 0 bridgehead atoms. The number of likely N-dealkylation sites (tertiary alicyclic amines) is 1. The molecule has 0 aromatic heterocycles.